The minimum atomic E-state index is -0.216. The van der Waals surface area contributed by atoms with Crippen LogP contribution in [-0.2, 0) is 20.3 Å². The molecule has 0 radical (unpaired) electrons. The number of carbonyl (C=O) groups excluding carboxylic acids is 1. The zero-order valence-corrected chi connectivity index (χ0v) is 16.2. The molecule has 0 unspecified atom stereocenters. The minimum Gasteiger partial charge on any atom is -0.345 e. The van der Waals surface area contributed by atoms with Crippen molar-refractivity contribution >= 4 is 21.8 Å². The number of aromatic nitrogens is 6. The number of hydrogen-bond acceptors (Lipinski definition) is 4. The van der Waals surface area contributed by atoms with Crippen molar-refractivity contribution in [1.29, 1.82) is 0 Å². The summed E-state index contributed by atoms with van der Waals surface area (Å²) in [5.41, 5.74) is 4.18. The van der Waals surface area contributed by atoms with E-state index >= 15 is 0 Å². The summed E-state index contributed by atoms with van der Waals surface area (Å²) < 4.78 is 6.28. The Bertz CT molecular complexity index is 921. The van der Waals surface area contributed by atoms with Gasteiger partial charge >= 0.3 is 0 Å². The van der Waals surface area contributed by atoms with E-state index in [1.54, 1.807) is 21.6 Å². The standard InChI is InChI=1S/C16H20BrN7O/c1-10-7-13(22(4)19-10)8-18-16(25)14-5-6-23(21-14)9-24-12(3)15(17)11(2)20-24/h5-7H,8-9H2,1-4H3,(H,18,25). The Morgan fingerprint density at radius 1 is 1.24 bits per heavy atom. The summed E-state index contributed by atoms with van der Waals surface area (Å²) in [4.78, 5) is 12.3. The van der Waals surface area contributed by atoms with Crippen LogP contribution in [0.15, 0.2) is 22.8 Å². The molecular weight excluding hydrogens is 386 g/mol. The number of halogens is 1. The molecule has 9 heteroatoms. The van der Waals surface area contributed by atoms with Gasteiger partial charge in [-0.3, -0.25) is 14.2 Å². The lowest BCUT2D eigenvalue weighted by Gasteiger charge is -2.05. The summed E-state index contributed by atoms with van der Waals surface area (Å²) in [6.07, 6.45) is 1.77. The van der Waals surface area contributed by atoms with Gasteiger partial charge in [0.25, 0.3) is 5.91 Å². The molecule has 0 aromatic carbocycles. The monoisotopic (exact) mass is 405 g/mol. The molecule has 1 amide bonds. The predicted octanol–water partition coefficient (Wildman–Crippen LogP) is 1.94. The SMILES string of the molecule is Cc1cc(CNC(=O)c2ccn(Cn3nc(C)c(Br)c3C)n2)n(C)n1. The summed E-state index contributed by atoms with van der Waals surface area (Å²) in [7, 11) is 1.86. The third-order valence-electron chi connectivity index (χ3n) is 3.97. The highest BCUT2D eigenvalue weighted by molar-refractivity contribution is 9.10. The van der Waals surface area contributed by atoms with Crippen molar-refractivity contribution in [3.05, 3.63) is 51.3 Å². The quantitative estimate of drug-likeness (QED) is 0.702. The van der Waals surface area contributed by atoms with E-state index in [9.17, 15) is 4.79 Å². The average Bonchev–Trinajstić information content (AvgIpc) is 3.22. The lowest BCUT2D eigenvalue weighted by atomic mass is 10.3. The summed E-state index contributed by atoms with van der Waals surface area (Å²) >= 11 is 3.51. The Kier molecular flexibility index (Phi) is 4.76. The maximum atomic E-state index is 12.3. The normalized spacial score (nSPS) is 11.1. The van der Waals surface area contributed by atoms with Crippen LogP contribution in [0.2, 0.25) is 0 Å². The Labute approximate surface area is 154 Å². The summed E-state index contributed by atoms with van der Waals surface area (Å²) in [5.74, 6) is -0.216. The summed E-state index contributed by atoms with van der Waals surface area (Å²) in [6.45, 7) is 6.71. The summed E-state index contributed by atoms with van der Waals surface area (Å²) in [5, 5.41) is 15.9. The van der Waals surface area contributed by atoms with Crippen LogP contribution < -0.4 is 5.32 Å². The molecule has 0 fully saturated rings. The number of carbonyl (C=O) groups is 1. The molecule has 0 aliphatic carbocycles. The third kappa shape index (κ3) is 3.65. The van der Waals surface area contributed by atoms with Crippen LogP contribution in [-0.4, -0.2) is 35.2 Å². The molecule has 0 saturated heterocycles. The lowest BCUT2D eigenvalue weighted by Crippen LogP contribution is -2.25. The molecule has 3 heterocycles. The Balaban J connectivity index is 1.65. The maximum absolute atomic E-state index is 12.3. The van der Waals surface area contributed by atoms with Crippen molar-refractivity contribution in [3.8, 4) is 0 Å². The molecule has 3 aromatic heterocycles. The highest BCUT2D eigenvalue weighted by Crippen LogP contribution is 2.19. The number of nitrogens with zero attached hydrogens (tertiary/aromatic N) is 6. The number of rotatable bonds is 5. The zero-order valence-electron chi connectivity index (χ0n) is 14.6. The summed E-state index contributed by atoms with van der Waals surface area (Å²) in [6, 6.07) is 3.64. The molecule has 0 aliphatic rings. The highest BCUT2D eigenvalue weighted by Gasteiger charge is 2.13. The van der Waals surface area contributed by atoms with Crippen molar-refractivity contribution < 1.29 is 4.79 Å². The Morgan fingerprint density at radius 2 is 2.00 bits per heavy atom. The van der Waals surface area contributed by atoms with Gasteiger partial charge in [0.15, 0.2) is 0 Å². The van der Waals surface area contributed by atoms with Crippen LogP contribution in [0.25, 0.3) is 0 Å². The molecule has 8 nitrogen and oxygen atoms in total. The van der Waals surface area contributed by atoms with Crippen molar-refractivity contribution in [2.24, 2.45) is 7.05 Å². The van der Waals surface area contributed by atoms with Crippen LogP contribution in [0.3, 0.4) is 0 Å². The Morgan fingerprint density at radius 3 is 2.60 bits per heavy atom. The van der Waals surface area contributed by atoms with Crippen molar-refractivity contribution in [2.75, 3.05) is 0 Å². The molecule has 132 valence electrons. The number of aryl methyl sites for hydroxylation is 3. The van der Waals surface area contributed by atoms with Crippen molar-refractivity contribution in [3.63, 3.8) is 0 Å². The van der Waals surface area contributed by atoms with Crippen LogP contribution in [0, 0.1) is 20.8 Å². The van der Waals surface area contributed by atoms with E-state index in [0.29, 0.717) is 18.9 Å². The molecule has 0 bridgehead atoms. The van der Waals surface area contributed by atoms with E-state index in [4.69, 9.17) is 0 Å². The fraction of sp³-hybridized carbons (Fsp3) is 0.375. The average molecular weight is 406 g/mol. The molecule has 0 saturated carbocycles. The van der Waals surface area contributed by atoms with Gasteiger partial charge in [0, 0.05) is 13.2 Å². The van der Waals surface area contributed by atoms with Gasteiger partial charge in [-0.25, -0.2) is 4.68 Å². The zero-order chi connectivity index (χ0) is 18.1. The molecule has 1 N–H and O–H groups in total. The van der Waals surface area contributed by atoms with Crippen molar-refractivity contribution in [1.82, 2.24) is 34.7 Å². The fourth-order valence-electron chi connectivity index (χ4n) is 2.60. The molecule has 3 aromatic rings. The second-order valence-corrected chi connectivity index (χ2v) is 6.74. The first kappa shape index (κ1) is 17.4. The number of hydrogen-bond donors (Lipinski definition) is 1. The van der Waals surface area contributed by atoms with Gasteiger partial charge in [-0.1, -0.05) is 0 Å². The van der Waals surface area contributed by atoms with Crippen LogP contribution in [0.4, 0.5) is 0 Å². The largest absolute Gasteiger partial charge is 0.345 e. The fourth-order valence-corrected chi connectivity index (χ4v) is 2.89. The maximum Gasteiger partial charge on any atom is 0.272 e. The van der Waals surface area contributed by atoms with E-state index in [2.05, 4.69) is 36.5 Å². The smallest absolute Gasteiger partial charge is 0.272 e. The first-order valence-corrected chi connectivity index (χ1v) is 8.65. The highest BCUT2D eigenvalue weighted by atomic mass is 79.9. The molecular formula is C16H20BrN7O. The second-order valence-electron chi connectivity index (χ2n) is 5.95. The van der Waals surface area contributed by atoms with Crippen LogP contribution in [0.5, 0.6) is 0 Å². The van der Waals surface area contributed by atoms with Crippen LogP contribution in [0.1, 0.15) is 33.3 Å². The van der Waals surface area contributed by atoms with E-state index < -0.39 is 0 Å². The first-order valence-electron chi connectivity index (χ1n) is 7.86. The van der Waals surface area contributed by atoms with E-state index in [1.807, 2.05) is 38.6 Å². The van der Waals surface area contributed by atoms with Gasteiger partial charge in [-0.15, -0.1) is 0 Å². The van der Waals surface area contributed by atoms with Gasteiger partial charge < -0.3 is 5.32 Å². The van der Waals surface area contributed by atoms with Gasteiger partial charge in [-0.05, 0) is 48.8 Å². The van der Waals surface area contributed by atoms with Gasteiger partial charge in [-0.2, -0.15) is 15.3 Å². The molecule has 3 rings (SSSR count). The van der Waals surface area contributed by atoms with Gasteiger partial charge in [0.05, 0.1) is 33.8 Å². The lowest BCUT2D eigenvalue weighted by molar-refractivity contribution is 0.0944. The van der Waals surface area contributed by atoms with Gasteiger partial charge in [0.2, 0.25) is 0 Å². The minimum absolute atomic E-state index is 0.216. The first-order chi connectivity index (χ1) is 11.8. The topological polar surface area (TPSA) is 82.6 Å². The number of nitrogens with one attached hydrogen (secondary N) is 1. The third-order valence-corrected chi connectivity index (χ3v) is 5.12. The van der Waals surface area contributed by atoms with E-state index in [1.165, 1.54) is 0 Å². The van der Waals surface area contributed by atoms with Crippen LogP contribution >= 0.6 is 15.9 Å². The van der Waals surface area contributed by atoms with Gasteiger partial charge in [0.1, 0.15) is 12.4 Å². The molecule has 0 spiro atoms. The molecule has 0 aliphatic heterocycles. The second kappa shape index (κ2) is 6.83. The molecule has 25 heavy (non-hydrogen) atoms. The molecule has 0 atom stereocenters. The number of amides is 1. The van der Waals surface area contributed by atoms with E-state index in [0.717, 1.165) is 27.2 Å². The predicted molar refractivity (Wildman–Crippen MR) is 96.1 cm³/mol. The van der Waals surface area contributed by atoms with Crippen molar-refractivity contribution in [2.45, 2.75) is 34.0 Å². The Hall–Kier alpha value is -2.42. The van der Waals surface area contributed by atoms with E-state index in [-0.39, 0.29) is 5.91 Å².